The zero-order valence-electron chi connectivity index (χ0n) is 8.26. The molecule has 3 heteroatoms. The standard InChI is InChI=1S/C11H15ClFN/c1-2-3-4-11(14)8-5-9(12)7-10(13)6-8/h5-7,11H,2-4,14H2,1H3/t11-/m1/s1. The second kappa shape index (κ2) is 5.32. The van der Waals surface area contributed by atoms with Crippen LogP contribution >= 0.6 is 11.6 Å². The van der Waals surface area contributed by atoms with Crippen LogP contribution in [0.4, 0.5) is 4.39 Å². The average molecular weight is 216 g/mol. The van der Waals surface area contributed by atoms with Gasteiger partial charge >= 0.3 is 0 Å². The molecule has 1 aromatic rings. The molecule has 0 saturated heterocycles. The molecule has 1 atom stereocenters. The third-order valence-corrected chi connectivity index (χ3v) is 2.40. The van der Waals surface area contributed by atoms with E-state index in [4.69, 9.17) is 17.3 Å². The summed E-state index contributed by atoms with van der Waals surface area (Å²) in [6, 6.07) is 4.36. The second-order valence-electron chi connectivity index (χ2n) is 3.45. The molecule has 0 fully saturated rings. The Morgan fingerprint density at radius 1 is 1.43 bits per heavy atom. The van der Waals surface area contributed by atoms with Crippen molar-refractivity contribution < 1.29 is 4.39 Å². The van der Waals surface area contributed by atoms with E-state index in [9.17, 15) is 4.39 Å². The molecular formula is C11H15ClFN. The lowest BCUT2D eigenvalue weighted by atomic mass is 10.0. The predicted molar refractivity (Wildman–Crippen MR) is 57.9 cm³/mol. The quantitative estimate of drug-likeness (QED) is 0.815. The monoisotopic (exact) mass is 215 g/mol. The lowest BCUT2D eigenvalue weighted by molar-refractivity contribution is 0.588. The Kier molecular flexibility index (Phi) is 4.36. The summed E-state index contributed by atoms with van der Waals surface area (Å²) in [6.07, 6.45) is 3.02. The largest absolute Gasteiger partial charge is 0.324 e. The van der Waals surface area contributed by atoms with Crippen molar-refractivity contribution in [2.45, 2.75) is 32.2 Å². The third kappa shape index (κ3) is 3.28. The van der Waals surface area contributed by atoms with Gasteiger partial charge < -0.3 is 5.73 Å². The van der Waals surface area contributed by atoms with Crippen LogP contribution in [0, 0.1) is 5.82 Å². The van der Waals surface area contributed by atoms with Crippen LogP contribution in [0.25, 0.3) is 0 Å². The fraction of sp³-hybridized carbons (Fsp3) is 0.455. The summed E-state index contributed by atoms with van der Waals surface area (Å²) in [6.45, 7) is 2.10. The SMILES string of the molecule is CCCC[C@@H](N)c1cc(F)cc(Cl)c1. The van der Waals surface area contributed by atoms with Crippen LogP contribution in [0.2, 0.25) is 5.02 Å². The van der Waals surface area contributed by atoms with Gasteiger partial charge in [0, 0.05) is 11.1 Å². The summed E-state index contributed by atoms with van der Waals surface area (Å²) < 4.78 is 13.0. The molecule has 14 heavy (non-hydrogen) atoms. The first-order chi connectivity index (χ1) is 6.63. The van der Waals surface area contributed by atoms with E-state index in [0.717, 1.165) is 24.8 Å². The molecule has 0 unspecified atom stereocenters. The van der Waals surface area contributed by atoms with Crippen molar-refractivity contribution in [3.8, 4) is 0 Å². The highest BCUT2D eigenvalue weighted by molar-refractivity contribution is 6.30. The number of hydrogen-bond donors (Lipinski definition) is 1. The Morgan fingerprint density at radius 2 is 2.14 bits per heavy atom. The van der Waals surface area contributed by atoms with Crippen LogP contribution in [0.3, 0.4) is 0 Å². The fourth-order valence-electron chi connectivity index (χ4n) is 1.38. The van der Waals surface area contributed by atoms with Crippen molar-refractivity contribution in [2.24, 2.45) is 5.73 Å². The molecule has 2 N–H and O–H groups in total. The van der Waals surface area contributed by atoms with E-state index in [0.29, 0.717) is 5.02 Å². The maximum atomic E-state index is 13.0. The fourth-order valence-corrected chi connectivity index (χ4v) is 1.61. The van der Waals surface area contributed by atoms with E-state index < -0.39 is 0 Å². The first-order valence-electron chi connectivity index (χ1n) is 4.85. The van der Waals surface area contributed by atoms with Crippen molar-refractivity contribution in [1.82, 2.24) is 0 Å². The zero-order valence-corrected chi connectivity index (χ0v) is 9.02. The Labute approximate surface area is 89.1 Å². The molecule has 0 radical (unpaired) electrons. The number of benzene rings is 1. The van der Waals surface area contributed by atoms with Gasteiger partial charge in [-0.05, 0) is 30.2 Å². The summed E-state index contributed by atoms with van der Waals surface area (Å²) in [7, 11) is 0. The molecular weight excluding hydrogens is 201 g/mol. The number of hydrogen-bond acceptors (Lipinski definition) is 1. The minimum Gasteiger partial charge on any atom is -0.324 e. The summed E-state index contributed by atoms with van der Waals surface area (Å²) in [5.41, 5.74) is 6.67. The van der Waals surface area contributed by atoms with Crippen molar-refractivity contribution in [2.75, 3.05) is 0 Å². The van der Waals surface area contributed by atoms with Crippen LogP contribution in [-0.4, -0.2) is 0 Å². The molecule has 1 nitrogen and oxygen atoms in total. The minimum atomic E-state index is -0.320. The first-order valence-corrected chi connectivity index (χ1v) is 5.23. The van der Waals surface area contributed by atoms with Gasteiger partial charge in [0.25, 0.3) is 0 Å². The Bertz CT molecular complexity index is 281. The Morgan fingerprint density at radius 3 is 2.71 bits per heavy atom. The van der Waals surface area contributed by atoms with Crippen LogP contribution in [0.5, 0.6) is 0 Å². The number of rotatable bonds is 4. The van der Waals surface area contributed by atoms with Crippen LogP contribution in [0.1, 0.15) is 37.8 Å². The van der Waals surface area contributed by atoms with E-state index >= 15 is 0 Å². The summed E-state index contributed by atoms with van der Waals surface area (Å²) in [5, 5.41) is 0.409. The van der Waals surface area contributed by atoms with Gasteiger partial charge in [0.2, 0.25) is 0 Å². The van der Waals surface area contributed by atoms with E-state index in [2.05, 4.69) is 6.92 Å². The zero-order chi connectivity index (χ0) is 10.6. The lowest BCUT2D eigenvalue weighted by Gasteiger charge is -2.11. The number of nitrogens with two attached hydrogens (primary N) is 1. The molecule has 0 heterocycles. The van der Waals surface area contributed by atoms with Gasteiger partial charge in [-0.25, -0.2) is 4.39 Å². The van der Waals surface area contributed by atoms with Crippen LogP contribution < -0.4 is 5.73 Å². The topological polar surface area (TPSA) is 26.0 Å². The maximum Gasteiger partial charge on any atom is 0.125 e. The predicted octanol–water partition coefficient (Wildman–Crippen LogP) is 3.67. The van der Waals surface area contributed by atoms with Gasteiger partial charge in [0.1, 0.15) is 5.82 Å². The normalized spacial score (nSPS) is 12.9. The Hall–Kier alpha value is -0.600. The lowest BCUT2D eigenvalue weighted by Crippen LogP contribution is -2.10. The van der Waals surface area contributed by atoms with E-state index in [1.165, 1.54) is 12.1 Å². The van der Waals surface area contributed by atoms with Gasteiger partial charge in [-0.2, -0.15) is 0 Å². The van der Waals surface area contributed by atoms with Crippen molar-refractivity contribution in [1.29, 1.82) is 0 Å². The highest BCUT2D eigenvalue weighted by Crippen LogP contribution is 2.21. The van der Waals surface area contributed by atoms with Crippen molar-refractivity contribution in [3.63, 3.8) is 0 Å². The molecule has 0 aliphatic carbocycles. The van der Waals surface area contributed by atoms with E-state index in [-0.39, 0.29) is 11.9 Å². The first kappa shape index (κ1) is 11.5. The molecule has 1 rings (SSSR count). The van der Waals surface area contributed by atoms with Gasteiger partial charge in [-0.1, -0.05) is 31.4 Å². The maximum absolute atomic E-state index is 13.0. The smallest absolute Gasteiger partial charge is 0.125 e. The summed E-state index contributed by atoms with van der Waals surface area (Å²) in [5.74, 6) is -0.320. The van der Waals surface area contributed by atoms with Gasteiger partial charge in [0.05, 0.1) is 0 Å². The highest BCUT2D eigenvalue weighted by Gasteiger charge is 2.07. The molecule has 78 valence electrons. The van der Waals surface area contributed by atoms with Crippen molar-refractivity contribution >= 4 is 11.6 Å². The molecule has 1 aromatic carbocycles. The Balaban J connectivity index is 2.73. The molecule has 0 aromatic heterocycles. The molecule has 0 amide bonds. The van der Waals surface area contributed by atoms with Gasteiger partial charge in [-0.3, -0.25) is 0 Å². The van der Waals surface area contributed by atoms with Crippen molar-refractivity contribution in [3.05, 3.63) is 34.6 Å². The van der Waals surface area contributed by atoms with Gasteiger partial charge in [0.15, 0.2) is 0 Å². The molecule has 0 bridgehead atoms. The highest BCUT2D eigenvalue weighted by atomic mass is 35.5. The molecule has 0 aliphatic rings. The molecule has 0 spiro atoms. The van der Waals surface area contributed by atoms with Crippen LogP contribution in [-0.2, 0) is 0 Å². The summed E-state index contributed by atoms with van der Waals surface area (Å²) >= 11 is 5.73. The second-order valence-corrected chi connectivity index (χ2v) is 3.89. The number of unbranched alkanes of at least 4 members (excludes halogenated alkanes) is 1. The number of halogens is 2. The molecule has 0 saturated carbocycles. The third-order valence-electron chi connectivity index (χ3n) is 2.18. The van der Waals surface area contributed by atoms with E-state index in [1.807, 2.05) is 0 Å². The van der Waals surface area contributed by atoms with E-state index in [1.54, 1.807) is 6.07 Å². The minimum absolute atomic E-state index is 0.108. The van der Waals surface area contributed by atoms with Gasteiger partial charge in [-0.15, -0.1) is 0 Å². The average Bonchev–Trinajstić information content (AvgIpc) is 2.12. The summed E-state index contributed by atoms with van der Waals surface area (Å²) in [4.78, 5) is 0. The van der Waals surface area contributed by atoms with Crippen LogP contribution in [0.15, 0.2) is 18.2 Å². The molecule has 0 aliphatic heterocycles.